The maximum atomic E-state index is 13.9. The van der Waals surface area contributed by atoms with Gasteiger partial charge in [-0.1, -0.05) is 48.5 Å². The van der Waals surface area contributed by atoms with Crippen LogP contribution in [-0.2, 0) is 6.18 Å². The molecule has 6 aromatic rings. The highest BCUT2D eigenvalue weighted by Gasteiger charge is 2.35. The van der Waals surface area contributed by atoms with Crippen LogP contribution in [0.3, 0.4) is 0 Å². The number of hydrogen-bond acceptors (Lipinski definition) is 4. The maximum Gasteiger partial charge on any atom is 0.435 e. The predicted octanol–water partition coefficient (Wildman–Crippen LogP) is 7.70. The number of nitriles is 1. The van der Waals surface area contributed by atoms with E-state index >= 15 is 0 Å². The molecule has 6 nitrogen and oxygen atoms in total. The Morgan fingerprint density at radius 3 is 2.11 bits per heavy atom. The molecule has 1 aliphatic rings. The minimum atomic E-state index is -4.60. The highest BCUT2D eigenvalue weighted by Crippen LogP contribution is 2.35. The van der Waals surface area contributed by atoms with Crippen molar-refractivity contribution < 1.29 is 18.0 Å². The second-order valence-electron chi connectivity index (χ2n) is 11.0. The summed E-state index contributed by atoms with van der Waals surface area (Å²) >= 11 is 0. The molecule has 0 unspecified atom stereocenters. The first-order valence-corrected chi connectivity index (χ1v) is 14.5. The van der Waals surface area contributed by atoms with Gasteiger partial charge < -0.3 is 9.80 Å². The second kappa shape index (κ2) is 11.1. The van der Waals surface area contributed by atoms with E-state index in [1.54, 1.807) is 41.3 Å². The number of halogens is 3. The van der Waals surface area contributed by atoms with Crippen molar-refractivity contribution >= 4 is 33.1 Å². The molecule has 0 radical (unpaired) electrons. The van der Waals surface area contributed by atoms with E-state index in [9.17, 15) is 18.0 Å². The predicted molar refractivity (Wildman–Crippen MR) is 168 cm³/mol. The summed E-state index contributed by atoms with van der Waals surface area (Å²) < 4.78 is 42.9. The number of nitrogens with zero attached hydrogens (tertiary/aromatic N) is 5. The summed E-state index contributed by atoms with van der Waals surface area (Å²) in [5.74, 6) is -0.0805. The summed E-state index contributed by atoms with van der Waals surface area (Å²) in [4.78, 5) is 16.9. The number of carbonyl (C=O) groups excluding carboxylic acids is 1. The number of anilines is 1. The fourth-order valence-electron chi connectivity index (χ4n) is 5.94. The van der Waals surface area contributed by atoms with E-state index in [-0.39, 0.29) is 5.91 Å². The van der Waals surface area contributed by atoms with Gasteiger partial charge in [0.05, 0.1) is 23.0 Å². The molecule has 1 amide bonds. The lowest BCUT2D eigenvalue weighted by molar-refractivity contribution is -0.141. The largest absolute Gasteiger partial charge is 0.435 e. The number of fused-ring (bicyclic) bond motifs is 3. The molecule has 1 saturated heterocycles. The van der Waals surface area contributed by atoms with Gasteiger partial charge in [0, 0.05) is 43.0 Å². The van der Waals surface area contributed by atoms with Gasteiger partial charge in [0.1, 0.15) is 0 Å². The summed E-state index contributed by atoms with van der Waals surface area (Å²) in [6, 6.07) is 34.8. The first kappa shape index (κ1) is 28.2. The lowest BCUT2D eigenvalue weighted by Gasteiger charge is -2.36. The number of amides is 1. The Kier molecular flexibility index (Phi) is 6.97. The molecule has 0 spiro atoms. The summed E-state index contributed by atoms with van der Waals surface area (Å²) in [6.45, 7) is 2.27. The number of aromatic nitrogens is 2. The average Bonchev–Trinajstić information content (AvgIpc) is 3.54. The number of alkyl halides is 3. The highest BCUT2D eigenvalue weighted by atomic mass is 19.4. The molecule has 9 heteroatoms. The normalized spacial score (nSPS) is 13.7. The molecule has 0 N–H and O–H groups in total. The van der Waals surface area contributed by atoms with E-state index in [0.717, 1.165) is 33.3 Å². The number of rotatable bonds is 4. The van der Waals surface area contributed by atoms with Crippen LogP contribution in [0.25, 0.3) is 38.5 Å². The lowest BCUT2D eigenvalue weighted by atomic mass is 9.99. The Balaban J connectivity index is 1.14. The van der Waals surface area contributed by atoms with Gasteiger partial charge in [0.2, 0.25) is 0 Å². The van der Waals surface area contributed by atoms with E-state index in [4.69, 9.17) is 5.26 Å². The van der Waals surface area contributed by atoms with Gasteiger partial charge in [0.15, 0.2) is 5.69 Å². The van der Waals surface area contributed by atoms with Crippen molar-refractivity contribution in [1.29, 1.82) is 5.26 Å². The van der Waals surface area contributed by atoms with E-state index in [1.165, 1.54) is 4.68 Å². The maximum absolute atomic E-state index is 13.9. The number of piperazine rings is 1. The molecular formula is C36H26F3N5O. The van der Waals surface area contributed by atoms with Crippen molar-refractivity contribution in [3.8, 4) is 23.0 Å². The van der Waals surface area contributed by atoms with Gasteiger partial charge in [-0.05, 0) is 82.2 Å². The molecular weight excluding hydrogens is 575 g/mol. The molecule has 1 fully saturated rings. The molecule has 0 atom stereocenters. The average molecular weight is 602 g/mol. The van der Waals surface area contributed by atoms with E-state index < -0.39 is 11.9 Å². The van der Waals surface area contributed by atoms with Crippen LogP contribution in [0.2, 0.25) is 0 Å². The first-order valence-electron chi connectivity index (χ1n) is 14.5. The van der Waals surface area contributed by atoms with Gasteiger partial charge in [-0.15, -0.1) is 0 Å². The van der Waals surface area contributed by atoms with Crippen LogP contribution in [-0.4, -0.2) is 46.8 Å². The minimum absolute atomic E-state index is 0.0805. The summed E-state index contributed by atoms with van der Waals surface area (Å²) in [6.07, 6.45) is -4.60. The molecule has 45 heavy (non-hydrogen) atoms. The van der Waals surface area contributed by atoms with Gasteiger partial charge >= 0.3 is 6.18 Å². The fourth-order valence-corrected chi connectivity index (χ4v) is 5.94. The van der Waals surface area contributed by atoms with Crippen molar-refractivity contribution in [3.05, 3.63) is 126 Å². The van der Waals surface area contributed by atoms with Crippen LogP contribution in [0.15, 0.2) is 109 Å². The third kappa shape index (κ3) is 5.36. The van der Waals surface area contributed by atoms with Crippen LogP contribution < -0.4 is 4.90 Å². The van der Waals surface area contributed by atoms with Gasteiger partial charge in [-0.3, -0.25) is 4.79 Å². The number of carbonyl (C=O) groups is 1. The fraction of sp³-hybridized carbons (Fsp3) is 0.139. The summed E-state index contributed by atoms with van der Waals surface area (Å²) in [5.41, 5.74) is 2.49. The summed E-state index contributed by atoms with van der Waals surface area (Å²) in [7, 11) is 0. The van der Waals surface area contributed by atoms with E-state index in [1.807, 2.05) is 66.7 Å². The van der Waals surface area contributed by atoms with Gasteiger partial charge in [0.25, 0.3) is 5.91 Å². The third-order valence-electron chi connectivity index (χ3n) is 8.33. The Hall–Kier alpha value is -5.62. The molecule has 1 aromatic heterocycles. The standard InChI is InChI=1S/C36H26F3N5O/c37-36(38,39)34-22-33(28-11-16-32-27(21-28)10-9-25-3-1-2-4-31(25)32)44(41-34)30-14-12-29(13-15-30)42-17-19-43(20-18-42)35(45)26-7-5-24(23-40)6-8-26/h1-16,21-22H,17-20H2. The molecule has 0 bridgehead atoms. The second-order valence-corrected chi connectivity index (χ2v) is 11.0. The Morgan fingerprint density at radius 2 is 1.40 bits per heavy atom. The Bertz CT molecular complexity index is 2090. The Labute approximate surface area is 257 Å². The molecule has 0 saturated carbocycles. The summed E-state index contributed by atoms with van der Waals surface area (Å²) in [5, 5.41) is 17.1. The molecule has 5 aromatic carbocycles. The Morgan fingerprint density at radius 1 is 0.733 bits per heavy atom. The van der Waals surface area contributed by atoms with Crippen LogP contribution in [0.5, 0.6) is 0 Å². The van der Waals surface area contributed by atoms with Crippen molar-refractivity contribution in [3.63, 3.8) is 0 Å². The van der Waals surface area contributed by atoms with E-state index in [0.29, 0.717) is 54.3 Å². The molecule has 2 heterocycles. The third-order valence-corrected chi connectivity index (χ3v) is 8.33. The first-order chi connectivity index (χ1) is 21.8. The quantitative estimate of drug-likeness (QED) is 0.194. The molecule has 0 aliphatic carbocycles. The monoisotopic (exact) mass is 601 g/mol. The molecule has 222 valence electrons. The lowest BCUT2D eigenvalue weighted by Crippen LogP contribution is -2.48. The van der Waals surface area contributed by atoms with Gasteiger partial charge in [-0.2, -0.15) is 23.5 Å². The van der Waals surface area contributed by atoms with Crippen molar-refractivity contribution in [2.24, 2.45) is 0 Å². The van der Waals surface area contributed by atoms with E-state index in [2.05, 4.69) is 16.1 Å². The topological polar surface area (TPSA) is 65.2 Å². The van der Waals surface area contributed by atoms with Crippen LogP contribution in [0.4, 0.5) is 18.9 Å². The van der Waals surface area contributed by atoms with Crippen LogP contribution in [0.1, 0.15) is 21.6 Å². The molecule has 7 rings (SSSR count). The minimum Gasteiger partial charge on any atom is -0.368 e. The zero-order chi connectivity index (χ0) is 31.1. The number of hydrogen-bond donors (Lipinski definition) is 0. The van der Waals surface area contributed by atoms with Crippen molar-refractivity contribution in [2.45, 2.75) is 6.18 Å². The van der Waals surface area contributed by atoms with Crippen LogP contribution >= 0.6 is 0 Å². The van der Waals surface area contributed by atoms with Crippen LogP contribution in [0, 0.1) is 11.3 Å². The zero-order valence-electron chi connectivity index (χ0n) is 24.0. The smallest absolute Gasteiger partial charge is 0.368 e. The van der Waals surface area contributed by atoms with Gasteiger partial charge in [-0.25, -0.2) is 4.68 Å². The number of benzene rings is 5. The zero-order valence-corrected chi connectivity index (χ0v) is 24.0. The molecule has 1 aliphatic heterocycles. The highest BCUT2D eigenvalue weighted by molar-refractivity contribution is 6.08. The SMILES string of the molecule is N#Cc1ccc(C(=O)N2CCN(c3ccc(-n4nc(C(F)(F)F)cc4-c4ccc5c(ccc6ccccc65)c4)cc3)CC2)cc1. The van der Waals surface area contributed by atoms with Crippen molar-refractivity contribution in [1.82, 2.24) is 14.7 Å². The van der Waals surface area contributed by atoms with Crippen molar-refractivity contribution in [2.75, 3.05) is 31.1 Å².